The minimum atomic E-state index is -0.253. The summed E-state index contributed by atoms with van der Waals surface area (Å²) in [7, 11) is 0. The van der Waals surface area contributed by atoms with Crippen LogP contribution < -0.4 is 0 Å². The third-order valence-electron chi connectivity index (χ3n) is 4.85. The van der Waals surface area contributed by atoms with Crippen LogP contribution in [0, 0.1) is 12.8 Å². The maximum absolute atomic E-state index is 13.0. The van der Waals surface area contributed by atoms with Crippen LogP contribution in [0.2, 0.25) is 0 Å². The van der Waals surface area contributed by atoms with Crippen LogP contribution in [0.25, 0.3) is 0 Å². The van der Waals surface area contributed by atoms with E-state index in [1.54, 1.807) is 4.90 Å². The lowest BCUT2D eigenvalue weighted by molar-refractivity contribution is -0.148. The quantitative estimate of drug-likeness (QED) is 0.868. The third kappa shape index (κ3) is 3.78. The van der Waals surface area contributed by atoms with Gasteiger partial charge in [0.1, 0.15) is 0 Å². The zero-order valence-electron chi connectivity index (χ0n) is 14.9. The van der Waals surface area contributed by atoms with Crippen molar-refractivity contribution in [1.29, 1.82) is 0 Å². The number of hydrogen-bond acceptors (Lipinski definition) is 3. The minimum Gasteiger partial charge on any atom is -0.395 e. The van der Waals surface area contributed by atoms with Crippen LogP contribution in [-0.2, 0) is 9.59 Å². The summed E-state index contributed by atoms with van der Waals surface area (Å²) in [6, 6.07) is 7.86. The lowest BCUT2D eigenvalue weighted by atomic mass is 9.83. The van der Waals surface area contributed by atoms with Gasteiger partial charge in [0.05, 0.1) is 18.6 Å². The van der Waals surface area contributed by atoms with Crippen LogP contribution in [0.1, 0.15) is 43.9 Å². The average Bonchev–Trinajstić information content (AvgIpc) is 2.59. The molecule has 1 fully saturated rings. The number of likely N-dealkylation sites (tertiary alicyclic amines) is 1. The topological polar surface area (TPSA) is 60.9 Å². The van der Waals surface area contributed by atoms with Crippen LogP contribution in [0.15, 0.2) is 24.3 Å². The predicted molar refractivity (Wildman–Crippen MR) is 93.4 cm³/mol. The molecule has 1 saturated heterocycles. The van der Waals surface area contributed by atoms with Crippen LogP contribution in [0.4, 0.5) is 0 Å². The molecule has 2 amide bonds. The zero-order valence-corrected chi connectivity index (χ0v) is 14.9. The van der Waals surface area contributed by atoms with Crippen molar-refractivity contribution in [3.63, 3.8) is 0 Å². The number of benzene rings is 1. The van der Waals surface area contributed by atoms with Gasteiger partial charge in [-0.3, -0.25) is 9.59 Å². The number of aliphatic hydroxyl groups is 1. The number of carbonyl (C=O) groups excluding carboxylic acids is 2. The van der Waals surface area contributed by atoms with Gasteiger partial charge in [0, 0.05) is 26.1 Å². The van der Waals surface area contributed by atoms with Gasteiger partial charge >= 0.3 is 0 Å². The van der Waals surface area contributed by atoms with Crippen LogP contribution in [-0.4, -0.2) is 53.0 Å². The van der Waals surface area contributed by atoms with Crippen molar-refractivity contribution >= 4 is 11.8 Å². The number of piperidine rings is 1. The van der Waals surface area contributed by atoms with E-state index in [4.69, 9.17) is 0 Å². The molecule has 1 N–H and O–H groups in total. The molecule has 24 heavy (non-hydrogen) atoms. The van der Waals surface area contributed by atoms with E-state index in [1.807, 2.05) is 49.9 Å². The first-order valence-electron chi connectivity index (χ1n) is 8.79. The first-order chi connectivity index (χ1) is 11.5. The fraction of sp³-hybridized carbons (Fsp3) is 0.579. The molecule has 1 aliphatic rings. The lowest BCUT2D eigenvalue weighted by Gasteiger charge is -2.42. The van der Waals surface area contributed by atoms with Crippen LogP contribution in [0.3, 0.4) is 0 Å². The molecule has 1 aromatic rings. The second-order valence-electron chi connectivity index (χ2n) is 6.32. The molecular weight excluding hydrogens is 304 g/mol. The molecule has 5 heteroatoms. The van der Waals surface area contributed by atoms with Gasteiger partial charge < -0.3 is 14.9 Å². The maximum Gasteiger partial charge on any atom is 0.228 e. The molecule has 0 aromatic heterocycles. The first kappa shape index (κ1) is 18.5. The number of nitrogens with zero attached hydrogens (tertiary/aromatic N) is 2. The number of likely N-dealkylation sites (N-methyl/N-ethyl adjacent to an activating group) is 1. The third-order valence-corrected chi connectivity index (χ3v) is 4.85. The van der Waals surface area contributed by atoms with Gasteiger partial charge in [-0.1, -0.05) is 29.8 Å². The summed E-state index contributed by atoms with van der Waals surface area (Å²) in [5, 5.41) is 9.21. The summed E-state index contributed by atoms with van der Waals surface area (Å²) >= 11 is 0. The van der Waals surface area contributed by atoms with Crippen molar-refractivity contribution in [2.24, 2.45) is 5.92 Å². The summed E-state index contributed by atoms with van der Waals surface area (Å²) in [5.74, 6) is -0.114. The monoisotopic (exact) mass is 332 g/mol. The highest BCUT2D eigenvalue weighted by atomic mass is 16.3. The highest BCUT2D eigenvalue weighted by Crippen LogP contribution is 2.37. The van der Waals surface area contributed by atoms with Gasteiger partial charge in [-0.2, -0.15) is 0 Å². The lowest BCUT2D eigenvalue weighted by Crippen LogP contribution is -2.49. The second-order valence-corrected chi connectivity index (χ2v) is 6.32. The van der Waals surface area contributed by atoms with Gasteiger partial charge in [-0.05, 0) is 32.8 Å². The van der Waals surface area contributed by atoms with Crippen LogP contribution >= 0.6 is 0 Å². The van der Waals surface area contributed by atoms with Crippen molar-refractivity contribution in [3.8, 4) is 0 Å². The van der Waals surface area contributed by atoms with Crippen molar-refractivity contribution < 1.29 is 14.7 Å². The zero-order chi connectivity index (χ0) is 17.7. The predicted octanol–water partition coefficient (Wildman–Crippen LogP) is 2.14. The summed E-state index contributed by atoms with van der Waals surface area (Å²) in [6.07, 6.45) is 0.970. The molecule has 1 aliphatic heterocycles. The summed E-state index contributed by atoms with van der Waals surface area (Å²) in [5.41, 5.74) is 2.16. The minimum absolute atomic E-state index is 0.0306. The Morgan fingerprint density at radius 2 is 1.96 bits per heavy atom. The molecule has 0 unspecified atom stereocenters. The Bertz CT molecular complexity index is 570. The molecule has 2 rings (SSSR count). The smallest absolute Gasteiger partial charge is 0.228 e. The molecule has 0 bridgehead atoms. The molecule has 0 aliphatic carbocycles. The van der Waals surface area contributed by atoms with E-state index in [0.29, 0.717) is 32.5 Å². The molecule has 0 radical (unpaired) electrons. The highest BCUT2D eigenvalue weighted by molar-refractivity contribution is 5.85. The van der Waals surface area contributed by atoms with E-state index in [2.05, 4.69) is 0 Å². The van der Waals surface area contributed by atoms with E-state index in [1.165, 1.54) is 0 Å². The van der Waals surface area contributed by atoms with Gasteiger partial charge in [0.25, 0.3) is 0 Å². The van der Waals surface area contributed by atoms with E-state index in [0.717, 1.165) is 11.1 Å². The SMILES string of the molecule is CCN(CCO)C(=O)[C@@H]1CCC(=O)N(CC)[C@H]1c1ccc(C)cc1. The highest BCUT2D eigenvalue weighted by Gasteiger charge is 2.41. The van der Waals surface area contributed by atoms with Crippen LogP contribution in [0.5, 0.6) is 0 Å². The number of hydrogen-bond donors (Lipinski definition) is 1. The number of amides is 2. The van der Waals surface area contributed by atoms with Crippen molar-refractivity contribution in [2.45, 2.75) is 39.7 Å². The van der Waals surface area contributed by atoms with Gasteiger partial charge in [-0.25, -0.2) is 0 Å². The van der Waals surface area contributed by atoms with Crippen molar-refractivity contribution in [1.82, 2.24) is 9.80 Å². The standard InChI is InChI=1S/C19H28N2O3/c1-4-20(12-13-22)19(24)16-10-11-17(23)21(5-2)18(16)15-8-6-14(3)7-9-15/h6-9,16,18,22H,4-5,10-13H2,1-3H3/t16-,18+/m1/s1. The maximum atomic E-state index is 13.0. The Balaban J connectivity index is 2.37. The van der Waals surface area contributed by atoms with E-state index >= 15 is 0 Å². The Kier molecular flexibility index (Phi) is 6.37. The number of aliphatic hydroxyl groups excluding tert-OH is 1. The van der Waals surface area contributed by atoms with Gasteiger partial charge in [0.15, 0.2) is 0 Å². The van der Waals surface area contributed by atoms with Crippen molar-refractivity contribution in [3.05, 3.63) is 35.4 Å². The van der Waals surface area contributed by atoms with Crippen molar-refractivity contribution in [2.75, 3.05) is 26.2 Å². The molecule has 0 saturated carbocycles. The number of aryl methyl sites for hydroxylation is 1. The summed E-state index contributed by atoms with van der Waals surface area (Å²) < 4.78 is 0. The Morgan fingerprint density at radius 1 is 1.29 bits per heavy atom. The molecule has 5 nitrogen and oxygen atoms in total. The molecule has 1 heterocycles. The van der Waals surface area contributed by atoms with E-state index in [-0.39, 0.29) is 30.4 Å². The molecular formula is C19H28N2O3. The largest absolute Gasteiger partial charge is 0.395 e. The average molecular weight is 332 g/mol. The fourth-order valence-corrected chi connectivity index (χ4v) is 3.54. The van der Waals surface area contributed by atoms with E-state index in [9.17, 15) is 14.7 Å². The number of carbonyl (C=O) groups is 2. The fourth-order valence-electron chi connectivity index (χ4n) is 3.54. The summed E-state index contributed by atoms with van der Waals surface area (Å²) in [6.45, 7) is 7.35. The molecule has 132 valence electrons. The van der Waals surface area contributed by atoms with E-state index < -0.39 is 0 Å². The Labute approximate surface area is 144 Å². The molecule has 0 spiro atoms. The first-order valence-corrected chi connectivity index (χ1v) is 8.79. The Morgan fingerprint density at radius 3 is 2.50 bits per heavy atom. The van der Waals surface area contributed by atoms with Gasteiger partial charge in [0.2, 0.25) is 11.8 Å². The Hall–Kier alpha value is -1.88. The number of rotatable bonds is 6. The second kappa shape index (κ2) is 8.29. The molecule has 1 aromatic carbocycles. The molecule has 2 atom stereocenters. The summed E-state index contributed by atoms with van der Waals surface area (Å²) in [4.78, 5) is 28.9. The normalized spacial score (nSPS) is 21.0. The van der Waals surface area contributed by atoms with Gasteiger partial charge in [-0.15, -0.1) is 0 Å².